The minimum atomic E-state index is 0.479. The van der Waals surface area contributed by atoms with Crippen molar-refractivity contribution in [2.45, 2.75) is 13.3 Å². The molecule has 98 valence electrons. The van der Waals surface area contributed by atoms with Crippen molar-refractivity contribution in [2.24, 2.45) is 0 Å². The Balaban J connectivity index is 2.97. The van der Waals surface area contributed by atoms with Gasteiger partial charge in [0.1, 0.15) is 6.61 Å². The topological polar surface area (TPSA) is 18.5 Å². The van der Waals surface area contributed by atoms with Crippen LogP contribution in [0, 0.1) is 0 Å². The Bertz CT molecular complexity index is 419. The van der Waals surface area contributed by atoms with E-state index >= 15 is 0 Å². The highest BCUT2D eigenvalue weighted by Crippen LogP contribution is 2.29. The zero-order valence-corrected chi connectivity index (χ0v) is 12.5. The van der Waals surface area contributed by atoms with Crippen LogP contribution in [0.1, 0.15) is 18.9 Å². The normalized spacial score (nSPS) is 11.2. The van der Waals surface area contributed by atoms with Crippen LogP contribution in [-0.4, -0.2) is 19.0 Å². The average molecular weight is 311 g/mol. The Labute approximate surface area is 117 Å². The Hall–Kier alpha value is -1.22. The van der Waals surface area contributed by atoms with Crippen molar-refractivity contribution in [3.63, 3.8) is 0 Å². The number of ether oxygens (including phenoxy) is 2. The number of halogens is 1. The van der Waals surface area contributed by atoms with E-state index in [1.54, 1.807) is 13.2 Å². The van der Waals surface area contributed by atoms with Gasteiger partial charge in [0.05, 0.1) is 7.11 Å². The van der Waals surface area contributed by atoms with Gasteiger partial charge in [0, 0.05) is 5.33 Å². The molecular formula is C15H19BrO2. The van der Waals surface area contributed by atoms with Gasteiger partial charge in [-0.25, -0.2) is 0 Å². The van der Waals surface area contributed by atoms with Gasteiger partial charge in [-0.2, -0.15) is 0 Å². The smallest absolute Gasteiger partial charge is 0.161 e. The van der Waals surface area contributed by atoms with Gasteiger partial charge in [-0.1, -0.05) is 53.2 Å². The molecule has 2 nitrogen and oxygen atoms in total. The summed E-state index contributed by atoms with van der Waals surface area (Å²) in [6, 6.07) is 5.94. The van der Waals surface area contributed by atoms with Gasteiger partial charge >= 0.3 is 0 Å². The molecule has 0 radical (unpaired) electrons. The van der Waals surface area contributed by atoms with Gasteiger partial charge in [-0.3, -0.25) is 0 Å². The van der Waals surface area contributed by atoms with Crippen LogP contribution in [0.2, 0.25) is 0 Å². The lowest BCUT2D eigenvalue weighted by molar-refractivity contribution is 0.326. The molecule has 0 unspecified atom stereocenters. The lowest BCUT2D eigenvalue weighted by Crippen LogP contribution is -1.96. The fourth-order valence-corrected chi connectivity index (χ4v) is 2.07. The monoisotopic (exact) mass is 310 g/mol. The molecule has 0 bridgehead atoms. The number of allylic oxidation sites excluding steroid dienone is 1. The molecule has 1 rings (SSSR count). The Morgan fingerprint density at radius 3 is 2.72 bits per heavy atom. The molecule has 0 N–H and O–H groups in total. The summed E-state index contributed by atoms with van der Waals surface area (Å²) in [5.74, 6) is 1.49. The van der Waals surface area contributed by atoms with Crippen molar-refractivity contribution >= 4 is 22.0 Å². The standard InChI is InChI=1S/C15H19BrO2/c1-4-8-18-14-7-6-13(10-15(14)17-3)9-12(5-2)11-16/h4,6-7,9-10H,1,5,8,11H2,2-3H3/b12-9+. The molecule has 1 aromatic rings. The maximum atomic E-state index is 5.52. The summed E-state index contributed by atoms with van der Waals surface area (Å²) < 4.78 is 10.8. The molecule has 0 heterocycles. The lowest BCUT2D eigenvalue weighted by Gasteiger charge is -2.10. The molecule has 0 saturated heterocycles. The largest absolute Gasteiger partial charge is 0.493 e. The number of alkyl halides is 1. The van der Waals surface area contributed by atoms with Crippen molar-refractivity contribution in [2.75, 3.05) is 19.0 Å². The predicted octanol–water partition coefficient (Wildman–Crippen LogP) is 4.45. The van der Waals surface area contributed by atoms with E-state index in [1.165, 1.54) is 5.57 Å². The van der Waals surface area contributed by atoms with Gasteiger partial charge in [-0.05, 0) is 24.1 Å². The first-order valence-corrected chi connectivity index (χ1v) is 7.04. The van der Waals surface area contributed by atoms with Crippen molar-refractivity contribution in [3.05, 3.63) is 42.0 Å². The summed E-state index contributed by atoms with van der Waals surface area (Å²) in [4.78, 5) is 0. The van der Waals surface area contributed by atoms with Crippen molar-refractivity contribution in [1.82, 2.24) is 0 Å². The van der Waals surface area contributed by atoms with E-state index in [9.17, 15) is 0 Å². The summed E-state index contributed by atoms with van der Waals surface area (Å²) >= 11 is 3.48. The second-order valence-corrected chi connectivity index (χ2v) is 4.36. The van der Waals surface area contributed by atoms with E-state index in [0.29, 0.717) is 6.61 Å². The predicted molar refractivity (Wildman–Crippen MR) is 80.7 cm³/mol. The molecule has 0 amide bonds. The summed E-state index contributed by atoms with van der Waals surface area (Å²) in [5, 5.41) is 0.889. The van der Waals surface area contributed by atoms with Crippen LogP contribution in [0.25, 0.3) is 6.08 Å². The summed E-state index contributed by atoms with van der Waals surface area (Å²) in [6.45, 7) is 6.25. The number of hydrogen-bond acceptors (Lipinski definition) is 2. The second kappa shape index (κ2) is 7.98. The Kier molecular flexibility index (Phi) is 6.58. The molecule has 0 aliphatic heterocycles. The van der Waals surface area contributed by atoms with Crippen LogP contribution >= 0.6 is 15.9 Å². The number of methoxy groups -OCH3 is 1. The maximum Gasteiger partial charge on any atom is 0.161 e. The van der Waals surface area contributed by atoms with E-state index in [-0.39, 0.29) is 0 Å². The molecule has 3 heteroatoms. The number of benzene rings is 1. The van der Waals surface area contributed by atoms with E-state index in [2.05, 4.69) is 35.5 Å². The molecule has 1 aromatic carbocycles. The van der Waals surface area contributed by atoms with Crippen LogP contribution in [0.15, 0.2) is 36.4 Å². The molecule has 18 heavy (non-hydrogen) atoms. The zero-order chi connectivity index (χ0) is 13.4. The summed E-state index contributed by atoms with van der Waals surface area (Å²) in [7, 11) is 1.65. The molecular weight excluding hydrogens is 292 g/mol. The summed E-state index contributed by atoms with van der Waals surface area (Å²) in [6.07, 6.45) is 4.91. The first-order valence-electron chi connectivity index (χ1n) is 5.92. The van der Waals surface area contributed by atoms with E-state index in [1.807, 2.05) is 18.2 Å². The molecule has 0 fully saturated rings. The van der Waals surface area contributed by atoms with Crippen LogP contribution in [0.3, 0.4) is 0 Å². The molecule has 0 atom stereocenters. The van der Waals surface area contributed by atoms with Crippen molar-refractivity contribution < 1.29 is 9.47 Å². The average Bonchev–Trinajstić information content (AvgIpc) is 2.42. The SMILES string of the molecule is C=CCOc1ccc(/C=C(\CC)CBr)cc1OC. The highest BCUT2D eigenvalue weighted by molar-refractivity contribution is 9.09. The molecule has 0 saturated carbocycles. The third-order valence-corrected chi connectivity index (χ3v) is 3.26. The Morgan fingerprint density at radius 1 is 1.39 bits per heavy atom. The third kappa shape index (κ3) is 4.22. The quantitative estimate of drug-likeness (QED) is 0.547. The minimum Gasteiger partial charge on any atom is -0.493 e. The lowest BCUT2D eigenvalue weighted by atomic mass is 10.1. The Morgan fingerprint density at radius 2 is 2.17 bits per heavy atom. The number of rotatable bonds is 7. The van der Waals surface area contributed by atoms with Crippen LogP contribution in [-0.2, 0) is 0 Å². The van der Waals surface area contributed by atoms with E-state index in [4.69, 9.17) is 9.47 Å². The highest BCUT2D eigenvalue weighted by Gasteiger charge is 2.04. The van der Waals surface area contributed by atoms with Gasteiger partial charge in [0.15, 0.2) is 11.5 Å². The van der Waals surface area contributed by atoms with Gasteiger partial charge < -0.3 is 9.47 Å². The van der Waals surface area contributed by atoms with Gasteiger partial charge in [0.2, 0.25) is 0 Å². The fraction of sp³-hybridized carbons (Fsp3) is 0.333. The minimum absolute atomic E-state index is 0.479. The van der Waals surface area contributed by atoms with Crippen LogP contribution < -0.4 is 9.47 Å². The van der Waals surface area contributed by atoms with Gasteiger partial charge in [0.25, 0.3) is 0 Å². The second-order valence-electron chi connectivity index (χ2n) is 3.80. The van der Waals surface area contributed by atoms with Crippen LogP contribution in [0.4, 0.5) is 0 Å². The van der Waals surface area contributed by atoms with E-state index in [0.717, 1.165) is 28.8 Å². The molecule has 0 spiro atoms. The molecule has 0 aliphatic carbocycles. The highest BCUT2D eigenvalue weighted by atomic mass is 79.9. The summed E-state index contributed by atoms with van der Waals surface area (Å²) in [5.41, 5.74) is 2.46. The maximum absolute atomic E-state index is 5.52. The van der Waals surface area contributed by atoms with Crippen LogP contribution in [0.5, 0.6) is 11.5 Å². The molecule has 0 aromatic heterocycles. The first-order chi connectivity index (χ1) is 8.74. The van der Waals surface area contributed by atoms with Crippen molar-refractivity contribution in [1.29, 1.82) is 0 Å². The number of hydrogen-bond donors (Lipinski definition) is 0. The fourth-order valence-electron chi connectivity index (χ4n) is 1.51. The first kappa shape index (κ1) is 14.8. The van der Waals surface area contributed by atoms with E-state index < -0.39 is 0 Å². The zero-order valence-electron chi connectivity index (χ0n) is 10.9. The third-order valence-electron chi connectivity index (χ3n) is 2.54. The van der Waals surface area contributed by atoms with Gasteiger partial charge in [-0.15, -0.1) is 0 Å². The van der Waals surface area contributed by atoms with Crippen molar-refractivity contribution in [3.8, 4) is 11.5 Å². The molecule has 0 aliphatic rings.